The van der Waals surface area contributed by atoms with E-state index < -0.39 is 0 Å². The number of benzene rings is 1. The summed E-state index contributed by atoms with van der Waals surface area (Å²) in [4.78, 5) is 12.7. The van der Waals surface area contributed by atoms with Gasteiger partial charge in [-0.15, -0.1) is 11.3 Å². The number of hydrogen-bond donors (Lipinski definition) is 2. The van der Waals surface area contributed by atoms with Crippen LogP contribution in [0.2, 0.25) is 5.02 Å². The first-order valence-electron chi connectivity index (χ1n) is 5.07. The number of carbonyl (C=O) groups excluding carboxylic acids is 1. The van der Waals surface area contributed by atoms with Crippen molar-refractivity contribution in [1.82, 2.24) is 5.32 Å². The largest absolute Gasteiger partial charge is 0.333 e. The molecule has 3 nitrogen and oxygen atoms in total. The van der Waals surface area contributed by atoms with Gasteiger partial charge in [0.15, 0.2) is 0 Å². The van der Waals surface area contributed by atoms with Crippen molar-refractivity contribution >= 4 is 34.7 Å². The van der Waals surface area contributed by atoms with Crippen LogP contribution >= 0.6 is 22.9 Å². The van der Waals surface area contributed by atoms with Crippen molar-refractivity contribution < 1.29 is 4.79 Å². The van der Waals surface area contributed by atoms with Gasteiger partial charge in [0.05, 0.1) is 17.3 Å². The summed E-state index contributed by atoms with van der Waals surface area (Å²) in [7, 11) is 0. The molecule has 2 N–H and O–H groups in total. The van der Waals surface area contributed by atoms with E-state index >= 15 is 0 Å². The highest BCUT2D eigenvalue weighted by atomic mass is 35.5. The summed E-state index contributed by atoms with van der Waals surface area (Å²) in [5.74, 6) is 0. The van der Waals surface area contributed by atoms with E-state index in [-0.39, 0.29) is 6.03 Å². The van der Waals surface area contributed by atoms with Crippen molar-refractivity contribution in [3.05, 3.63) is 51.7 Å². The van der Waals surface area contributed by atoms with Gasteiger partial charge in [0.2, 0.25) is 0 Å². The second-order valence-electron chi connectivity index (χ2n) is 3.37. The van der Waals surface area contributed by atoms with Gasteiger partial charge in [-0.05, 0) is 23.6 Å². The molecule has 0 aliphatic rings. The van der Waals surface area contributed by atoms with Crippen LogP contribution in [-0.4, -0.2) is 6.03 Å². The van der Waals surface area contributed by atoms with Gasteiger partial charge in [-0.3, -0.25) is 0 Å². The maximum absolute atomic E-state index is 11.6. The lowest BCUT2D eigenvalue weighted by molar-refractivity contribution is 0.252. The molecule has 0 atom stereocenters. The van der Waals surface area contributed by atoms with Gasteiger partial charge in [-0.25, -0.2) is 4.79 Å². The molecule has 2 rings (SSSR count). The Hall–Kier alpha value is -1.52. The van der Waals surface area contributed by atoms with Crippen LogP contribution in [0.4, 0.5) is 10.5 Å². The average Bonchev–Trinajstić information content (AvgIpc) is 2.82. The van der Waals surface area contributed by atoms with E-state index in [1.807, 2.05) is 29.6 Å². The molecule has 0 saturated carbocycles. The fourth-order valence-corrected chi connectivity index (χ4v) is 2.14. The lowest BCUT2D eigenvalue weighted by Gasteiger charge is -2.07. The third-order valence-electron chi connectivity index (χ3n) is 2.13. The van der Waals surface area contributed by atoms with E-state index in [1.54, 1.807) is 23.5 Å². The quantitative estimate of drug-likeness (QED) is 0.873. The van der Waals surface area contributed by atoms with E-state index in [0.29, 0.717) is 17.3 Å². The Morgan fingerprint density at radius 3 is 2.76 bits per heavy atom. The fourth-order valence-electron chi connectivity index (χ4n) is 1.31. The molecule has 2 aromatic rings. The maximum atomic E-state index is 11.6. The number of hydrogen-bond acceptors (Lipinski definition) is 2. The van der Waals surface area contributed by atoms with Crippen LogP contribution < -0.4 is 10.6 Å². The molecule has 2 amide bonds. The number of para-hydroxylation sites is 1. The lowest BCUT2D eigenvalue weighted by Crippen LogP contribution is -2.27. The molecular weight excluding hydrogens is 256 g/mol. The van der Waals surface area contributed by atoms with Crippen LogP contribution in [-0.2, 0) is 6.54 Å². The summed E-state index contributed by atoms with van der Waals surface area (Å²) in [5, 5.41) is 7.96. The minimum atomic E-state index is -0.258. The molecule has 88 valence electrons. The topological polar surface area (TPSA) is 41.1 Å². The van der Waals surface area contributed by atoms with Crippen LogP contribution in [0.1, 0.15) is 4.88 Å². The first kappa shape index (κ1) is 12.0. The fraction of sp³-hybridized carbons (Fsp3) is 0.0833. The molecule has 0 aliphatic heterocycles. The molecule has 0 bridgehead atoms. The number of amides is 2. The molecule has 0 fully saturated rings. The number of thiophene rings is 1. The minimum absolute atomic E-state index is 0.258. The highest BCUT2D eigenvalue weighted by molar-refractivity contribution is 7.09. The van der Waals surface area contributed by atoms with Crippen LogP contribution in [0.3, 0.4) is 0 Å². The van der Waals surface area contributed by atoms with E-state index in [2.05, 4.69) is 10.6 Å². The number of nitrogens with one attached hydrogen (secondary N) is 2. The van der Waals surface area contributed by atoms with E-state index in [0.717, 1.165) is 4.88 Å². The van der Waals surface area contributed by atoms with Gasteiger partial charge in [0, 0.05) is 4.88 Å². The number of carbonyl (C=O) groups is 1. The third kappa shape index (κ3) is 3.47. The molecular formula is C12H11ClN2OS. The second kappa shape index (κ2) is 5.70. The number of urea groups is 1. The van der Waals surface area contributed by atoms with E-state index in [1.165, 1.54) is 0 Å². The van der Waals surface area contributed by atoms with Crippen molar-refractivity contribution in [1.29, 1.82) is 0 Å². The van der Waals surface area contributed by atoms with Gasteiger partial charge < -0.3 is 10.6 Å². The summed E-state index contributed by atoms with van der Waals surface area (Å²) in [6.07, 6.45) is 0. The van der Waals surface area contributed by atoms with Crippen molar-refractivity contribution in [3.8, 4) is 0 Å². The molecule has 5 heteroatoms. The second-order valence-corrected chi connectivity index (χ2v) is 4.81. The SMILES string of the molecule is O=C(NCc1cccs1)Nc1ccccc1Cl. The Labute approximate surface area is 108 Å². The maximum Gasteiger partial charge on any atom is 0.319 e. The molecule has 1 aromatic heterocycles. The Bertz CT molecular complexity index is 499. The van der Waals surface area contributed by atoms with Crippen molar-refractivity contribution in [3.63, 3.8) is 0 Å². The Morgan fingerprint density at radius 1 is 1.24 bits per heavy atom. The van der Waals surface area contributed by atoms with Gasteiger partial charge in [0.25, 0.3) is 0 Å². The van der Waals surface area contributed by atoms with Gasteiger partial charge in [-0.2, -0.15) is 0 Å². The zero-order valence-corrected chi connectivity index (χ0v) is 10.5. The standard InChI is InChI=1S/C12H11ClN2OS/c13-10-5-1-2-6-11(10)15-12(16)14-8-9-4-3-7-17-9/h1-7H,8H2,(H2,14,15,16). The summed E-state index contributed by atoms with van der Waals surface area (Å²) < 4.78 is 0. The van der Waals surface area contributed by atoms with Crippen molar-refractivity contribution in [2.75, 3.05) is 5.32 Å². The first-order chi connectivity index (χ1) is 8.25. The molecule has 0 unspecified atom stereocenters. The summed E-state index contributed by atoms with van der Waals surface area (Å²) in [6, 6.07) is 10.8. The predicted molar refractivity (Wildman–Crippen MR) is 71.6 cm³/mol. The normalized spacial score (nSPS) is 9.94. The van der Waals surface area contributed by atoms with E-state index in [9.17, 15) is 4.79 Å². The summed E-state index contributed by atoms with van der Waals surface area (Å²) in [5.41, 5.74) is 0.609. The molecule has 1 aromatic carbocycles. The van der Waals surface area contributed by atoms with Gasteiger partial charge in [0.1, 0.15) is 0 Å². The number of anilines is 1. The number of rotatable bonds is 3. The molecule has 0 spiro atoms. The van der Waals surface area contributed by atoms with Crippen LogP contribution in [0, 0.1) is 0 Å². The molecule has 0 aliphatic carbocycles. The van der Waals surface area contributed by atoms with Gasteiger partial charge >= 0.3 is 6.03 Å². The summed E-state index contributed by atoms with van der Waals surface area (Å²) in [6.45, 7) is 0.522. The Balaban J connectivity index is 1.87. The van der Waals surface area contributed by atoms with Gasteiger partial charge in [-0.1, -0.05) is 29.8 Å². The average molecular weight is 267 g/mol. The highest BCUT2D eigenvalue weighted by Crippen LogP contribution is 2.20. The zero-order chi connectivity index (χ0) is 12.1. The Kier molecular flexibility index (Phi) is 4.01. The minimum Gasteiger partial charge on any atom is -0.333 e. The molecule has 1 heterocycles. The molecule has 0 saturated heterocycles. The van der Waals surface area contributed by atoms with Crippen LogP contribution in [0.15, 0.2) is 41.8 Å². The van der Waals surface area contributed by atoms with Crippen molar-refractivity contribution in [2.45, 2.75) is 6.54 Å². The first-order valence-corrected chi connectivity index (χ1v) is 6.33. The number of halogens is 1. The monoisotopic (exact) mass is 266 g/mol. The third-order valence-corrected chi connectivity index (χ3v) is 3.33. The zero-order valence-electron chi connectivity index (χ0n) is 8.94. The molecule has 0 radical (unpaired) electrons. The molecule has 17 heavy (non-hydrogen) atoms. The van der Waals surface area contributed by atoms with Crippen molar-refractivity contribution in [2.24, 2.45) is 0 Å². The van der Waals surface area contributed by atoms with E-state index in [4.69, 9.17) is 11.6 Å². The Morgan fingerprint density at radius 2 is 2.06 bits per heavy atom. The highest BCUT2D eigenvalue weighted by Gasteiger charge is 2.04. The summed E-state index contributed by atoms with van der Waals surface area (Å²) >= 11 is 7.53. The van der Waals surface area contributed by atoms with Crippen LogP contribution in [0.25, 0.3) is 0 Å². The lowest BCUT2D eigenvalue weighted by atomic mass is 10.3. The smallest absolute Gasteiger partial charge is 0.319 e. The van der Waals surface area contributed by atoms with Crippen LogP contribution in [0.5, 0.6) is 0 Å². The predicted octanol–water partition coefficient (Wildman–Crippen LogP) is 3.72.